The molecule has 1 atom stereocenters. The Morgan fingerprint density at radius 2 is 1.59 bits per heavy atom. The van der Waals surface area contributed by atoms with Gasteiger partial charge in [-0.15, -0.1) is 0 Å². The van der Waals surface area contributed by atoms with E-state index in [1.54, 1.807) is 0 Å². The predicted molar refractivity (Wildman–Crippen MR) is 131 cm³/mol. The molecule has 0 spiro atoms. The molecule has 1 amide bonds. The van der Waals surface area contributed by atoms with Crippen LogP contribution < -0.4 is 5.32 Å². The van der Waals surface area contributed by atoms with Crippen molar-refractivity contribution in [2.45, 2.75) is 59.2 Å². The summed E-state index contributed by atoms with van der Waals surface area (Å²) in [5, 5.41) is 3.22. The van der Waals surface area contributed by atoms with Crippen molar-refractivity contribution in [3.63, 3.8) is 0 Å². The van der Waals surface area contributed by atoms with Crippen LogP contribution in [0.2, 0.25) is 0 Å². The maximum atomic E-state index is 12.9. The average Bonchev–Trinajstić information content (AvgIpc) is 2.79. The molecule has 2 heterocycles. The summed E-state index contributed by atoms with van der Waals surface area (Å²) in [6.45, 7) is 11.4. The molecule has 2 saturated heterocycles. The van der Waals surface area contributed by atoms with Crippen LogP contribution in [-0.4, -0.2) is 41.9 Å². The molecule has 32 heavy (non-hydrogen) atoms. The lowest BCUT2D eigenvalue weighted by Gasteiger charge is -2.32. The van der Waals surface area contributed by atoms with Crippen molar-refractivity contribution in [2.24, 2.45) is 11.8 Å². The van der Waals surface area contributed by atoms with E-state index in [4.69, 9.17) is 0 Å². The number of carbonyl (C=O) groups excluding carboxylic acids is 1. The highest BCUT2D eigenvalue weighted by atomic mass is 16.1. The Bertz CT molecular complexity index is 888. The van der Waals surface area contributed by atoms with Crippen LogP contribution in [0.5, 0.6) is 0 Å². The molecule has 0 aromatic heterocycles. The quantitative estimate of drug-likeness (QED) is 0.684. The Kier molecular flexibility index (Phi) is 7.99. The standard InChI is InChI=1S/C28H39N3O/c1-22-11-14-30(15-12-22)19-26-9-4-7-24(17-26)18-29-28(32)27-10-5-13-31(21-27)20-25-8-3-6-23(2)16-25/h3-4,6-9,16-17,22,27H,5,10-15,18-21H2,1-2H3,(H,29,32). The third kappa shape index (κ3) is 6.66. The zero-order valence-electron chi connectivity index (χ0n) is 19.9. The van der Waals surface area contributed by atoms with Crippen LogP contribution in [0.4, 0.5) is 0 Å². The minimum Gasteiger partial charge on any atom is -0.352 e. The Labute approximate surface area is 194 Å². The van der Waals surface area contributed by atoms with Crippen molar-refractivity contribution >= 4 is 5.91 Å². The van der Waals surface area contributed by atoms with E-state index in [2.05, 4.69) is 77.5 Å². The molecule has 2 aromatic rings. The van der Waals surface area contributed by atoms with Gasteiger partial charge in [0, 0.05) is 26.2 Å². The Morgan fingerprint density at radius 3 is 2.38 bits per heavy atom. The van der Waals surface area contributed by atoms with Crippen molar-refractivity contribution in [3.05, 3.63) is 70.8 Å². The molecular formula is C28H39N3O. The third-order valence-electron chi connectivity index (χ3n) is 7.11. The van der Waals surface area contributed by atoms with E-state index in [1.807, 2.05) is 0 Å². The maximum Gasteiger partial charge on any atom is 0.224 e. The fraction of sp³-hybridized carbons (Fsp3) is 0.536. The number of aryl methyl sites for hydroxylation is 1. The number of benzene rings is 2. The molecular weight excluding hydrogens is 394 g/mol. The van der Waals surface area contributed by atoms with Crippen molar-refractivity contribution < 1.29 is 4.79 Å². The van der Waals surface area contributed by atoms with E-state index in [0.29, 0.717) is 6.54 Å². The van der Waals surface area contributed by atoms with Gasteiger partial charge < -0.3 is 5.32 Å². The number of piperidine rings is 2. The van der Waals surface area contributed by atoms with Crippen LogP contribution in [0, 0.1) is 18.8 Å². The molecule has 0 aliphatic carbocycles. The van der Waals surface area contributed by atoms with E-state index >= 15 is 0 Å². The molecule has 1 N–H and O–H groups in total. The lowest BCUT2D eigenvalue weighted by atomic mass is 9.96. The van der Waals surface area contributed by atoms with Crippen LogP contribution >= 0.6 is 0 Å². The van der Waals surface area contributed by atoms with Crippen molar-refractivity contribution in [2.75, 3.05) is 26.2 Å². The van der Waals surface area contributed by atoms with E-state index < -0.39 is 0 Å². The number of hydrogen-bond donors (Lipinski definition) is 1. The Morgan fingerprint density at radius 1 is 0.906 bits per heavy atom. The average molecular weight is 434 g/mol. The second-order valence-corrected chi connectivity index (χ2v) is 10.1. The molecule has 2 aliphatic rings. The number of nitrogens with one attached hydrogen (secondary N) is 1. The number of hydrogen-bond acceptors (Lipinski definition) is 3. The molecule has 4 nitrogen and oxygen atoms in total. The highest BCUT2D eigenvalue weighted by Gasteiger charge is 2.25. The lowest BCUT2D eigenvalue weighted by Crippen LogP contribution is -2.42. The first-order chi connectivity index (χ1) is 15.5. The van der Waals surface area contributed by atoms with Gasteiger partial charge in [-0.3, -0.25) is 14.6 Å². The largest absolute Gasteiger partial charge is 0.352 e. The summed E-state index contributed by atoms with van der Waals surface area (Å²) in [5.41, 5.74) is 5.19. The molecule has 2 aliphatic heterocycles. The Balaban J connectivity index is 1.26. The summed E-state index contributed by atoms with van der Waals surface area (Å²) in [7, 11) is 0. The Hall–Kier alpha value is -2.17. The summed E-state index contributed by atoms with van der Waals surface area (Å²) in [6.07, 6.45) is 4.69. The minimum absolute atomic E-state index is 0.0899. The predicted octanol–water partition coefficient (Wildman–Crippen LogP) is 4.76. The van der Waals surface area contributed by atoms with Gasteiger partial charge in [0.2, 0.25) is 5.91 Å². The summed E-state index contributed by atoms with van der Waals surface area (Å²) < 4.78 is 0. The van der Waals surface area contributed by atoms with Crippen LogP contribution in [0.1, 0.15) is 54.9 Å². The smallest absolute Gasteiger partial charge is 0.224 e. The summed E-state index contributed by atoms with van der Waals surface area (Å²) in [6, 6.07) is 17.4. The van der Waals surface area contributed by atoms with Gasteiger partial charge in [0.1, 0.15) is 0 Å². The second-order valence-electron chi connectivity index (χ2n) is 10.1. The first-order valence-corrected chi connectivity index (χ1v) is 12.4. The van der Waals surface area contributed by atoms with Crippen molar-refractivity contribution in [3.8, 4) is 0 Å². The van der Waals surface area contributed by atoms with E-state index in [1.165, 1.54) is 48.2 Å². The van der Waals surface area contributed by atoms with E-state index in [0.717, 1.165) is 44.9 Å². The summed E-state index contributed by atoms with van der Waals surface area (Å²) >= 11 is 0. The first-order valence-electron chi connectivity index (χ1n) is 12.4. The third-order valence-corrected chi connectivity index (χ3v) is 7.11. The molecule has 4 heteroatoms. The molecule has 0 saturated carbocycles. The topological polar surface area (TPSA) is 35.6 Å². The van der Waals surface area contributed by atoms with Gasteiger partial charge in [-0.25, -0.2) is 0 Å². The van der Waals surface area contributed by atoms with Gasteiger partial charge in [-0.2, -0.15) is 0 Å². The molecule has 172 valence electrons. The normalized spacial score (nSPS) is 20.9. The van der Waals surface area contributed by atoms with Crippen molar-refractivity contribution in [1.82, 2.24) is 15.1 Å². The zero-order valence-corrected chi connectivity index (χ0v) is 19.9. The number of nitrogens with zero attached hydrogens (tertiary/aromatic N) is 2. The molecule has 1 unspecified atom stereocenters. The van der Waals surface area contributed by atoms with Crippen LogP contribution in [0.15, 0.2) is 48.5 Å². The molecule has 0 bridgehead atoms. The molecule has 2 fully saturated rings. The fourth-order valence-corrected chi connectivity index (χ4v) is 5.13. The summed E-state index contributed by atoms with van der Waals surface area (Å²) in [4.78, 5) is 17.9. The highest BCUT2D eigenvalue weighted by molar-refractivity contribution is 5.79. The number of carbonyl (C=O) groups is 1. The maximum absolute atomic E-state index is 12.9. The lowest BCUT2D eigenvalue weighted by molar-refractivity contribution is -0.126. The van der Waals surface area contributed by atoms with Gasteiger partial charge >= 0.3 is 0 Å². The van der Waals surface area contributed by atoms with Crippen LogP contribution in [0.3, 0.4) is 0 Å². The summed E-state index contributed by atoms with van der Waals surface area (Å²) in [5.74, 6) is 1.15. The minimum atomic E-state index is 0.0899. The number of amides is 1. The molecule has 0 radical (unpaired) electrons. The van der Waals surface area contributed by atoms with Crippen molar-refractivity contribution in [1.29, 1.82) is 0 Å². The van der Waals surface area contributed by atoms with E-state index in [9.17, 15) is 4.79 Å². The van der Waals surface area contributed by atoms with Gasteiger partial charge in [-0.1, -0.05) is 61.0 Å². The molecule has 2 aromatic carbocycles. The van der Waals surface area contributed by atoms with Gasteiger partial charge in [0.05, 0.1) is 5.92 Å². The van der Waals surface area contributed by atoms with Crippen LogP contribution in [0.25, 0.3) is 0 Å². The number of rotatable bonds is 7. The highest BCUT2D eigenvalue weighted by Crippen LogP contribution is 2.20. The first kappa shape index (κ1) is 23.0. The fourth-order valence-electron chi connectivity index (χ4n) is 5.13. The number of likely N-dealkylation sites (tertiary alicyclic amines) is 2. The molecule has 4 rings (SSSR count). The van der Waals surface area contributed by atoms with Crippen LogP contribution in [-0.2, 0) is 24.4 Å². The monoisotopic (exact) mass is 433 g/mol. The van der Waals surface area contributed by atoms with Gasteiger partial charge in [0.15, 0.2) is 0 Å². The SMILES string of the molecule is Cc1cccc(CN2CCCC(C(=O)NCc3cccc(CN4CCC(C)CC4)c3)C2)c1. The van der Waals surface area contributed by atoms with Gasteiger partial charge in [0.25, 0.3) is 0 Å². The zero-order chi connectivity index (χ0) is 22.3. The van der Waals surface area contributed by atoms with E-state index in [-0.39, 0.29) is 11.8 Å². The van der Waals surface area contributed by atoms with Gasteiger partial charge in [-0.05, 0) is 74.8 Å². The second kappa shape index (κ2) is 11.1.